The molecule has 0 aromatic rings. The molecule has 0 rings (SSSR count). The molecular formula is C13H35N2P. The summed E-state index contributed by atoms with van der Waals surface area (Å²) in [6.45, 7) is 18.3. The van der Waals surface area contributed by atoms with E-state index in [1.165, 1.54) is 32.5 Å². The van der Waals surface area contributed by atoms with E-state index in [2.05, 4.69) is 40.1 Å². The van der Waals surface area contributed by atoms with E-state index in [1.807, 2.05) is 27.7 Å². The van der Waals surface area contributed by atoms with Gasteiger partial charge in [-0.05, 0) is 39.4 Å². The fourth-order valence-electron chi connectivity index (χ4n) is 1.24. The monoisotopic (exact) mass is 250 g/mol. The van der Waals surface area contributed by atoms with Crippen LogP contribution in [0.2, 0.25) is 0 Å². The molecule has 0 heterocycles. The van der Waals surface area contributed by atoms with Crippen LogP contribution in [-0.4, -0.2) is 30.6 Å². The lowest BCUT2D eigenvalue weighted by Crippen LogP contribution is -2.25. The van der Waals surface area contributed by atoms with Gasteiger partial charge in [-0.15, -0.1) is 0 Å². The highest BCUT2D eigenvalue weighted by molar-refractivity contribution is 7.13. The summed E-state index contributed by atoms with van der Waals surface area (Å²) < 4.78 is 0. The minimum Gasteiger partial charge on any atom is -0.304 e. The molecule has 3 heteroatoms. The van der Waals surface area contributed by atoms with Crippen LogP contribution in [0.25, 0.3) is 0 Å². The van der Waals surface area contributed by atoms with Crippen molar-refractivity contribution in [1.29, 1.82) is 0 Å². The molecule has 0 aliphatic carbocycles. The van der Waals surface area contributed by atoms with Crippen LogP contribution in [0.4, 0.5) is 0 Å². The summed E-state index contributed by atoms with van der Waals surface area (Å²) in [5.74, 6) is 0. The summed E-state index contributed by atoms with van der Waals surface area (Å²) in [4.78, 5) is 2.47. The van der Waals surface area contributed by atoms with Crippen LogP contribution >= 0.6 is 9.39 Å². The second-order valence-electron chi connectivity index (χ2n) is 3.24. The Morgan fingerprint density at radius 3 is 1.81 bits per heavy atom. The first kappa shape index (κ1) is 21.6. The lowest BCUT2D eigenvalue weighted by Gasteiger charge is -2.18. The van der Waals surface area contributed by atoms with Gasteiger partial charge in [-0.2, -0.15) is 0 Å². The molecule has 16 heavy (non-hydrogen) atoms. The summed E-state index contributed by atoms with van der Waals surface area (Å²) in [5.41, 5.74) is 0. The van der Waals surface area contributed by atoms with Crippen molar-refractivity contribution in [3.63, 3.8) is 0 Å². The maximum absolute atomic E-state index is 3.17. The lowest BCUT2D eigenvalue weighted by atomic mass is 10.2. The smallest absolute Gasteiger partial charge is 0.00710 e. The third kappa shape index (κ3) is 16.8. The predicted octanol–water partition coefficient (Wildman–Crippen LogP) is 3.93. The third-order valence-electron chi connectivity index (χ3n) is 2.29. The second kappa shape index (κ2) is 20.7. The number of hydrogen-bond donors (Lipinski definition) is 1. The van der Waals surface area contributed by atoms with Crippen LogP contribution in [-0.2, 0) is 0 Å². The van der Waals surface area contributed by atoms with Gasteiger partial charge in [0.2, 0.25) is 0 Å². The number of rotatable bonds is 7. The van der Waals surface area contributed by atoms with Crippen LogP contribution in [0.3, 0.4) is 0 Å². The Bertz CT molecular complexity index is 95.9. The van der Waals surface area contributed by atoms with Crippen LogP contribution in [0.15, 0.2) is 0 Å². The zero-order valence-electron chi connectivity index (χ0n) is 12.6. The zero-order valence-corrected chi connectivity index (χ0v) is 13.8. The minimum absolute atomic E-state index is 0.630. The molecule has 0 radical (unpaired) electrons. The molecule has 0 aromatic carbocycles. The fraction of sp³-hybridized carbons (Fsp3) is 1.00. The van der Waals surface area contributed by atoms with E-state index in [9.17, 15) is 0 Å². The molecule has 0 saturated carbocycles. The van der Waals surface area contributed by atoms with Gasteiger partial charge in [0, 0.05) is 6.04 Å². The van der Waals surface area contributed by atoms with Gasteiger partial charge in [0.25, 0.3) is 0 Å². The van der Waals surface area contributed by atoms with Crippen LogP contribution in [0.1, 0.15) is 61.3 Å². The van der Waals surface area contributed by atoms with Gasteiger partial charge in [-0.1, -0.05) is 50.9 Å². The maximum atomic E-state index is 3.17. The Morgan fingerprint density at radius 2 is 1.50 bits per heavy atom. The summed E-state index contributed by atoms with van der Waals surface area (Å²) in [6.07, 6.45) is 2.56. The molecule has 0 amide bonds. The van der Waals surface area contributed by atoms with Gasteiger partial charge in [0.1, 0.15) is 0 Å². The largest absolute Gasteiger partial charge is 0.304 e. The normalized spacial score (nSPS) is 11.1. The second-order valence-corrected chi connectivity index (χ2v) is 3.57. The molecule has 0 aliphatic rings. The van der Waals surface area contributed by atoms with Crippen LogP contribution in [0, 0.1) is 0 Å². The highest BCUT2D eigenvalue weighted by Gasteiger charge is 2.01. The quantitative estimate of drug-likeness (QED) is 0.689. The molecule has 0 spiro atoms. The molecule has 0 aliphatic heterocycles. The summed E-state index contributed by atoms with van der Waals surface area (Å²) in [5, 5.41) is 3.17. The van der Waals surface area contributed by atoms with Crippen molar-refractivity contribution in [2.24, 2.45) is 0 Å². The topological polar surface area (TPSA) is 15.3 Å². The van der Waals surface area contributed by atoms with Crippen molar-refractivity contribution in [2.45, 2.75) is 67.3 Å². The lowest BCUT2D eigenvalue weighted by molar-refractivity contribution is 0.293. The molecule has 1 N–H and O–H groups in total. The Morgan fingerprint density at radius 1 is 1.06 bits per heavy atom. The maximum Gasteiger partial charge on any atom is 0.00710 e. The van der Waals surface area contributed by atoms with Crippen LogP contribution < -0.4 is 5.09 Å². The van der Waals surface area contributed by atoms with Crippen molar-refractivity contribution in [3.05, 3.63) is 0 Å². The minimum atomic E-state index is 0.630. The van der Waals surface area contributed by atoms with Gasteiger partial charge in [0.05, 0.1) is 0 Å². The zero-order chi connectivity index (χ0) is 13.4. The van der Waals surface area contributed by atoms with Gasteiger partial charge >= 0.3 is 0 Å². The Kier molecular flexibility index (Phi) is 28.0. The van der Waals surface area contributed by atoms with Crippen molar-refractivity contribution in [3.8, 4) is 0 Å². The summed E-state index contributed by atoms with van der Waals surface area (Å²) in [6, 6.07) is 0.630. The summed E-state index contributed by atoms with van der Waals surface area (Å²) in [7, 11) is 2.57. The van der Waals surface area contributed by atoms with Crippen molar-refractivity contribution < 1.29 is 0 Å². The molecule has 102 valence electrons. The fourth-order valence-corrected chi connectivity index (χ4v) is 1.41. The van der Waals surface area contributed by atoms with Crippen molar-refractivity contribution in [1.82, 2.24) is 9.99 Å². The van der Waals surface area contributed by atoms with E-state index in [-0.39, 0.29) is 0 Å². The number of nitrogens with one attached hydrogen (secondary N) is 1. The van der Waals surface area contributed by atoms with E-state index < -0.39 is 0 Å². The summed E-state index contributed by atoms with van der Waals surface area (Å²) >= 11 is 0. The van der Waals surface area contributed by atoms with Gasteiger partial charge in [-0.25, -0.2) is 0 Å². The van der Waals surface area contributed by atoms with Gasteiger partial charge in [-0.3, -0.25) is 5.09 Å². The molecular weight excluding hydrogens is 215 g/mol. The van der Waals surface area contributed by atoms with E-state index in [1.54, 1.807) is 0 Å². The number of nitrogens with zero attached hydrogens (tertiary/aromatic N) is 1. The first-order valence-corrected chi connectivity index (χ1v) is 7.50. The third-order valence-corrected chi connectivity index (χ3v) is 2.86. The van der Waals surface area contributed by atoms with Gasteiger partial charge in [0.15, 0.2) is 0 Å². The van der Waals surface area contributed by atoms with Gasteiger partial charge < -0.3 is 4.90 Å². The Labute approximate surface area is 107 Å². The predicted molar refractivity (Wildman–Crippen MR) is 82.0 cm³/mol. The first-order valence-electron chi connectivity index (χ1n) is 6.93. The average molecular weight is 250 g/mol. The molecule has 0 aromatic heterocycles. The Hall–Kier alpha value is 0.350. The van der Waals surface area contributed by atoms with E-state index in [4.69, 9.17) is 0 Å². The number of hydrogen-bond acceptors (Lipinski definition) is 2. The van der Waals surface area contributed by atoms with Crippen LogP contribution in [0.5, 0.6) is 0 Å². The molecule has 2 nitrogen and oxygen atoms in total. The average Bonchev–Trinajstić information content (AvgIpc) is 2.39. The molecule has 2 unspecified atom stereocenters. The Balaban J connectivity index is -0.000000376. The molecule has 0 fully saturated rings. The van der Waals surface area contributed by atoms with E-state index in [0.29, 0.717) is 6.04 Å². The molecule has 0 saturated heterocycles. The highest BCUT2D eigenvalue weighted by atomic mass is 31.0. The van der Waals surface area contributed by atoms with Crippen molar-refractivity contribution >= 4 is 9.39 Å². The molecule has 2 atom stereocenters. The van der Waals surface area contributed by atoms with E-state index in [0.717, 1.165) is 0 Å². The SMILES string of the molecule is CC.CC.CCN(CC)CCCC(C)NP. The standard InChI is InChI=1S/C9H23N2P.2C2H6/c1-4-11(5-2)8-6-7-9(3)10-12;2*1-2/h9-10H,4-8,12H2,1-3H3;2*1-2H3. The molecule has 0 bridgehead atoms. The highest BCUT2D eigenvalue weighted by Crippen LogP contribution is 2.00. The van der Waals surface area contributed by atoms with E-state index >= 15 is 0 Å². The first-order chi connectivity index (χ1) is 7.74. The van der Waals surface area contributed by atoms with Crippen molar-refractivity contribution in [2.75, 3.05) is 19.6 Å².